The molecule has 0 aromatic carbocycles. The number of rotatable bonds is 58. The molecule has 0 saturated heterocycles. The van der Waals surface area contributed by atoms with Crippen molar-refractivity contribution >= 4 is 11.9 Å². The SMILES string of the molecule is CCCCCCCCCCCCCCCCCCCCCCCCC(O)C(CO)NC(=O)CCCCCCCCCCCCOC(=O)CCCCCCCCCCCCCCCCCCCC. The summed E-state index contributed by atoms with van der Waals surface area (Å²) in [7, 11) is 0. The monoisotopic (exact) mass is 948 g/mol. The maximum absolute atomic E-state index is 12.5. The van der Waals surface area contributed by atoms with Crippen LogP contribution in [0.4, 0.5) is 0 Å². The van der Waals surface area contributed by atoms with Gasteiger partial charge in [-0.25, -0.2) is 0 Å². The lowest BCUT2D eigenvalue weighted by Gasteiger charge is -2.22. The zero-order chi connectivity index (χ0) is 48.6. The molecule has 0 aliphatic carbocycles. The van der Waals surface area contributed by atoms with Crippen LogP contribution >= 0.6 is 0 Å². The molecule has 67 heavy (non-hydrogen) atoms. The minimum Gasteiger partial charge on any atom is -0.466 e. The predicted molar refractivity (Wildman–Crippen MR) is 292 cm³/mol. The normalized spacial score (nSPS) is 12.5. The smallest absolute Gasteiger partial charge is 0.305 e. The van der Waals surface area contributed by atoms with Crippen LogP contribution in [-0.2, 0) is 14.3 Å². The molecular formula is C61H121NO5. The highest BCUT2D eigenvalue weighted by atomic mass is 16.5. The number of hydrogen-bond donors (Lipinski definition) is 3. The van der Waals surface area contributed by atoms with Crippen molar-refractivity contribution in [1.82, 2.24) is 5.32 Å². The molecule has 0 aromatic rings. The third-order valence-corrected chi connectivity index (χ3v) is 14.7. The van der Waals surface area contributed by atoms with Crippen molar-refractivity contribution in [1.29, 1.82) is 0 Å². The van der Waals surface area contributed by atoms with Crippen molar-refractivity contribution in [2.45, 2.75) is 366 Å². The first-order valence-corrected chi connectivity index (χ1v) is 30.8. The van der Waals surface area contributed by atoms with Gasteiger partial charge in [-0.05, 0) is 25.7 Å². The Morgan fingerprint density at radius 2 is 0.612 bits per heavy atom. The van der Waals surface area contributed by atoms with Gasteiger partial charge in [-0.2, -0.15) is 0 Å². The Morgan fingerprint density at radius 1 is 0.358 bits per heavy atom. The average molecular weight is 949 g/mol. The lowest BCUT2D eigenvalue weighted by molar-refractivity contribution is -0.143. The molecular weight excluding hydrogens is 827 g/mol. The molecule has 0 aliphatic rings. The Morgan fingerprint density at radius 3 is 0.910 bits per heavy atom. The summed E-state index contributed by atoms with van der Waals surface area (Å²) in [6.07, 6.45) is 66.7. The van der Waals surface area contributed by atoms with Gasteiger partial charge in [0.25, 0.3) is 0 Å². The molecule has 0 spiro atoms. The van der Waals surface area contributed by atoms with Crippen LogP contribution in [0.3, 0.4) is 0 Å². The molecule has 0 heterocycles. The van der Waals surface area contributed by atoms with Crippen molar-refractivity contribution in [3.8, 4) is 0 Å². The maximum atomic E-state index is 12.5. The summed E-state index contributed by atoms with van der Waals surface area (Å²) >= 11 is 0. The Balaban J connectivity index is 3.43. The Kier molecular flexibility index (Phi) is 56.5. The van der Waals surface area contributed by atoms with Crippen molar-refractivity contribution in [3.05, 3.63) is 0 Å². The van der Waals surface area contributed by atoms with Crippen molar-refractivity contribution in [3.63, 3.8) is 0 Å². The van der Waals surface area contributed by atoms with Gasteiger partial charge in [-0.15, -0.1) is 0 Å². The highest BCUT2D eigenvalue weighted by Gasteiger charge is 2.20. The zero-order valence-electron chi connectivity index (χ0n) is 45.7. The van der Waals surface area contributed by atoms with Gasteiger partial charge >= 0.3 is 5.97 Å². The van der Waals surface area contributed by atoms with Gasteiger partial charge in [0.05, 0.1) is 25.4 Å². The second-order valence-electron chi connectivity index (χ2n) is 21.4. The number of nitrogens with one attached hydrogen (secondary N) is 1. The molecule has 6 nitrogen and oxygen atoms in total. The van der Waals surface area contributed by atoms with Gasteiger partial charge in [0.2, 0.25) is 5.91 Å². The first-order valence-electron chi connectivity index (χ1n) is 30.8. The number of aliphatic hydroxyl groups is 2. The molecule has 0 rings (SSSR count). The van der Waals surface area contributed by atoms with Crippen LogP contribution in [0.2, 0.25) is 0 Å². The van der Waals surface area contributed by atoms with E-state index in [0.717, 1.165) is 57.8 Å². The third-order valence-electron chi connectivity index (χ3n) is 14.7. The molecule has 0 fully saturated rings. The quantitative estimate of drug-likeness (QED) is 0.0417. The van der Waals surface area contributed by atoms with Crippen molar-refractivity contribution in [2.75, 3.05) is 13.2 Å². The van der Waals surface area contributed by atoms with Crippen LogP contribution in [-0.4, -0.2) is 47.4 Å². The summed E-state index contributed by atoms with van der Waals surface area (Å²) in [5, 5.41) is 23.4. The van der Waals surface area contributed by atoms with Gasteiger partial charge in [0.15, 0.2) is 0 Å². The number of hydrogen-bond acceptors (Lipinski definition) is 5. The van der Waals surface area contributed by atoms with E-state index >= 15 is 0 Å². The number of amides is 1. The Bertz CT molecular complexity index is 959. The molecule has 0 bridgehead atoms. The van der Waals surface area contributed by atoms with Crippen LogP contribution < -0.4 is 5.32 Å². The number of esters is 1. The molecule has 1 amide bonds. The fourth-order valence-corrected chi connectivity index (χ4v) is 9.94. The fraction of sp³-hybridized carbons (Fsp3) is 0.967. The second kappa shape index (κ2) is 57.4. The maximum Gasteiger partial charge on any atom is 0.305 e. The average Bonchev–Trinajstić information content (AvgIpc) is 3.33. The van der Waals surface area contributed by atoms with Gasteiger partial charge in [-0.3, -0.25) is 9.59 Å². The molecule has 2 unspecified atom stereocenters. The van der Waals surface area contributed by atoms with Crippen LogP contribution in [0.1, 0.15) is 354 Å². The van der Waals surface area contributed by atoms with Gasteiger partial charge in [-0.1, -0.05) is 316 Å². The number of aliphatic hydroxyl groups excluding tert-OH is 2. The number of carbonyl (C=O) groups is 2. The Labute approximate surface area is 419 Å². The summed E-state index contributed by atoms with van der Waals surface area (Å²) in [5.74, 6) is -0.0650. The summed E-state index contributed by atoms with van der Waals surface area (Å²) in [5.41, 5.74) is 0. The largest absolute Gasteiger partial charge is 0.466 e. The van der Waals surface area contributed by atoms with Crippen molar-refractivity contribution < 1.29 is 24.5 Å². The lowest BCUT2D eigenvalue weighted by Crippen LogP contribution is -2.45. The fourth-order valence-electron chi connectivity index (χ4n) is 9.94. The van der Waals surface area contributed by atoms with E-state index in [4.69, 9.17) is 4.74 Å². The minimum atomic E-state index is -0.678. The molecule has 0 saturated carbocycles. The van der Waals surface area contributed by atoms with Crippen LogP contribution in [0.5, 0.6) is 0 Å². The topological polar surface area (TPSA) is 95.9 Å². The molecule has 2 atom stereocenters. The first-order chi connectivity index (χ1) is 33.0. The van der Waals surface area contributed by atoms with E-state index in [0.29, 0.717) is 25.9 Å². The van der Waals surface area contributed by atoms with Gasteiger partial charge < -0.3 is 20.3 Å². The van der Waals surface area contributed by atoms with Crippen LogP contribution in [0, 0.1) is 0 Å². The lowest BCUT2D eigenvalue weighted by atomic mass is 10.0. The van der Waals surface area contributed by atoms with Gasteiger partial charge in [0, 0.05) is 12.8 Å². The number of ether oxygens (including phenoxy) is 1. The molecule has 0 aromatic heterocycles. The van der Waals surface area contributed by atoms with E-state index < -0.39 is 12.1 Å². The van der Waals surface area contributed by atoms with Gasteiger partial charge in [0.1, 0.15) is 0 Å². The summed E-state index contributed by atoms with van der Waals surface area (Å²) in [6, 6.07) is -0.558. The van der Waals surface area contributed by atoms with Crippen molar-refractivity contribution in [2.24, 2.45) is 0 Å². The minimum absolute atomic E-state index is 0.0127. The van der Waals surface area contributed by atoms with E-state index in [1.807, 2.05) is 0 Å². The third kappa shape index (κ3) is 54.0. The summed E-state index contributed by atoms with van der Waals surface area (Å²) in [4.78, 5) is 24.6. The number of unbranched alkanes of at least 4 members (excludes halogenated alkanes) is 47. The summed E-state index contributed by atoms with van der Waals surface area (Å²) in [6.45, 7) is 4.94. The van der Waals surface area contributed by atoms with Crippen LogP contribution in [0.15, 0.2) is 0 Å². The first kappa shape index (κ1) is 65.9. The number of carbonyl (C=O) groups excluding carboxylic acids is 2. The Hall–Kier alpha value is -1.14. The standard InChI is InChI=1S/C61H121NO5/c1-3-5-7-9-11-13-15-17-19-21-23-24-25-26-27-29-31-33-37-41-45-49-53-59(64)58(57-63)62-60(65)54-50-46-42-38-35-36-40-44-48-52-56-67-61(66)55-51-47-43-39-34-32-30-28-22-20-18-16-14-12-10-8-6-4-2/h58-59,63-64H,3-57H2,1-2H3,(H,62,65). The molecule has 0 aliphatic heterocycles. The molecule has 6 heteroatoms. The van der Waals surface area contributed by atoms with E-state index in [1.165, 1.54) is 263 Å². The predicted octanol–water partition coefficient (Wildman–Crippen LogP) is 19.1. The molecule has 3 N–H and O–H groups in total. The molecule has 400 valence electrons. The summed E-state index contributed by atoms with van der Waals surface area (Å²) < 4.78 is 5.48. The van der Waals surface area contributed by atoms with E-state index in [2.05, 4.69) is 19.2 Å². The zero-order valence-corrected chi connectivity index (χ0v) is 45.7. The van der Waals surface area contributed by atoms with E-state index in [9.17, 15) is 19.8 Å². The van der Waals surface area contributed by atoms with E-state index in [-0.39, 0.29) is 18.5 Å². The molecule has 0 radical (unpaired) electrons. The van der Waals surface area contributed by atoms with E-state index in [1.54, 1.807) is 0 Å². The second-order valence-corrected chi connectivity index (χ2v) is 21.4. The van der Waals surface area contributed by atoms with Crippen LogP contribution in [0.25, 0.3) is 0 Å². The highest BCUT2D eigenvalue weighted by Crippen LogP contribution is 2.18. The highest BCUT2D eigenvalue weighted by molar-refractivity contribution is 5.76.